The van der Waals surface area contributed by atoms with Gasteiger partial charge in [-0.2, -0.15) is 0 Å². The normalized spacial score (nSPS) is 11.3. The molecule has 0 unspecified atom stereocenters. The van der Waals surface area contributed by atoms with Crippen molar-refractivity contribution in [1.29, 1.82) is 0 Å². The molecule has 0 aliphatic rings. The highest BCUT2D eigenvalue weighted by atomic mass is 35.5. The summed E-state index contributed by atoms with van der Waals surface area (Å²) in [6.45, 7) is 10.3. The highest BCUT2D eigenvalue weighted by Gasteiger charge is 2.22. The number of hydrogen-bond donors (Lipinski definition) is 0. The van der Waals surface area contributed by atoms with Gasteiger partial charge in [0.25, 0.3) is 5.91 Å². The number of rotatable bonds is 11. The molecule has 0 atom stereocenters. The fourth-order valence-electron chi connectivity index (χ4n) is 3.27. The van der Waals surface area contributed by atoms with Crippen LogP contribution in [0.2, 0.25) is 5.02 Å². The molecule has 3 rings (SSSR count). The molecule has 3 aromatic rings. The van der Waals surface area contributed by atoms with Gasteiger partial charge in [-0.1, -0.05) is 56.2 Å². The third kappa shape index (κ3) is 5.97. The molecule has 166 valence electrons. The van der Waals surface area contributed by atoms with E-state index in [1.807, 2.05) is 42.5 Å². The number of nitrogens with zero attached hydrogens (tertiary/aromatic N) is 3. The Balaban J connectivity index is 1.85. The first-order chi connectivity index (χ1) is 15.1. The minimum absolute atomic E-state index is 0.0672. The maximum atomic E-state index is 13.5. The van der Waals surface area contributed by atoms with E-state index in [0.29, 0.717) is 28.9 Å². The van der Waals surface area contributed by atoms with E-state index in [1.54, 1.807) is 4.90 Å². The number of para-hydroxylation sites is 1. The lowest BCUT2D eigenvalue weighted by Crippen LogP contribution is -2.38. The Labute approximate surface area is 193 Å². The molecule has 1 aromatic heterocycles. The Morgan fingerprint density at radius 3 is 2.45 bits per heavy atom. The number of benzene rings is 2. The van der Waals surface area contributed by atoms with Crippen LogP contribution in [-0.4, -0.2) is 48.6 Å². The highest BCUT2D eigenvalue weighted by molar-refractivity contribution is 7.22. The smallest absolute Gasteiger partial charge is 0.260 e. The van der Waals surface area contributed by atoms with E-state index in [-0.39, 0.29) is 5.91 Å². The summed E-state index contributed by atoms with van der Waals surface area (Å²) in [5.74, 6) is 0.717. The van der Waals surface area contributed by atoms with Crippen molar-refractivity contribution in [2.75, 3.05) is 37.7 Å². The van der Waals surface area contributed by atoms with Crippen LogP contribution in [-0.2, 0) is 0 Å². The first-order valence-electron chi connectivity index (χ1n) is 10.9. The van der Waals surface area contributed by atoms with Gasteiger partial charge in [-0.25, -0.2) is 4.98 Å². The molecule has 0 spiro atoms. The zero-order valence-corrected chi connectivity index (χ0v) is 20.0. The summed E-state index contributed by atoms with van der Waals surface area (Å²) in [5.41, 5.74) is 1.36. The van der Waals surface area contributed by atoms with Gasteiger partial charge in [-0.15, -0.1) is 0 Å². The van der Waals surface area contributed by atoms with Crippen LogP contribution in [0.15, 0.2) is 42.5 Å². The van der Waals surface area contributed by atoms with Crippen LogP contribution in [0.5, 0.6) is 5.75 Å². The molecular formula is C24H30ClN3O2S. The number of aromatic nitrogens is 1. The van der Waals surface area contributed by atoms with Crippen LogP contribution >= 0.6 is 22.9 Å². The van der Waals surface area contributed by atoms with Crippen molar-refractivity contribution in [1.82, 2.24) is 9.88 Å². The van der Waals surface area contributed by atoms with E-state index >= 15 is 0 Å². The van der Waals surface area contributed by atoms with E-state index in [2.05, 4.69) is 25.7 Å². The summed E-state index contributed by atoms with van der Waals surface area (Å²) in [6.07, 6.45) is 2.10. The molecule has 2 aromatic carbocycles. The summed E-state index contributed by atoms with van der Waals surface area (Å²) in [5, 5.41) is 1.27. The molecule has 0 saturated heterocycles. The summed E-state index contributed by atoms with van der Waals surface area (Å²) < 4.78 is 6.71. The molecule has 7 heteroatoms. The lowest BCUT2D eigenvalue weighted by Gasteiger charge is -2.24. The van der Waals surface area contributed by atoms with Crippen molar-refractivity contribution in [3.8, 4) is 5.75 Å². The van der Waals surface area contributed by atoms with Crippen LogP contribution in [0, 0.1) is 0 Å². The zero-order valence-electron chi connectivity index (χ0n) is 18.4. The SMILES string of the molecule is CCCCOc1ccc(C(=O)N(CCN(CC)CC)c2nc3c(Cl)cccc3s2)cc1. The lowest BCUT2D eigenvalue weighted by molar-refractivity contribution is 0.0983. The van der Waals surface area contributed by atoms with Gasteiger partial charge in [0.15, 0.2) is 5.13 Å². The van der Waals surface area contributed by atoms with E-state index in [9.17, 15) is 4.79 Å². The van der Waals surface area contributed by atoms with E-state index in [4.69, 9.17) is 21.3 Å². The number of anilines is 1. The van der Waals surface area contributed by atoms with Gasteiger partial charge in [0, 0.05) is 18.7 Å². The van der Waals surface area contributed by atoms with Gasteiger partial charge < -0.3 is 9.64 Å². The van der Waals surface area contributed by atoms with Crippen LogP contribution in [0.1, 0.15) is 44.0 Å². The number of amides is 1. The summed E-state index contributed by atoms with van der Waals surface area (Å²) >= 11 is 7.82. The summed E-state index contributed by atoms with van der Waals surface area (Å²) in [7, 11) is 0. The Bertz CT molecular complexity index is 986. The average molecular weight is 460 g/mol. The molecule has 1 amide bonds. The van der Waals surface area contributed by atoms with Gasteiger partial charge >= 0.3 is 0 Å². The fourth-order valence-corrected chi connectivity index (χ4v) is 4.56. The molecule has 31 heavy (non-hydrogen) atoms. The van der Waals surface area contributed by atoms with Crippen LogP contribution < -0.4 is 9.64 Å². The van der Waals surface area contributed by atoms with Crippen molar-refractivity contribution in [3.63, 3.8) is 0 Å². The average Bonchev–Trinajstić information content (AvgIpc) is 3.22. The minimum Gasteiger partial charge on any atom is -0.494 e. The molecule has 0 bridgehead atoms. The second kappa shape index (κ2) is 11.5. The van der Waals surface area contributed by atoms with Gasteiger partial charge in [-0.3, -0.25) is 9.69 Å². The molecule has 1 heterocycles. The number of ether oxygens (including phenoxy) is 1. The highest BCUT2D eigenvalue weighted by Crippen LogP contribution is 2.33. The number of carbonyl (C=O) groups is 1. The van der Waals surface area contributed by atoms with Crippen molar-refractivity contribution >= 4 is 44.2 Å². The summed E-state index contributed by atoms with van der Waals surface area (Å²) in [6, 6.07) is 13.1. The van der Waals surface area contributed by atoms with Crippen molar-refractivity contribution < 1.29 is 9.53 Å². The second-order valence-electron chi connectivity index (χ2n) is 7.29. The Morgan fingerprint density at radius 2 is 1.81 bits per heavy atom. The topological polar surface area (TPSA) is 45.7 Å². The van der Waals surface area contributed by atoms with Crippen LogP contribution in [0.4, 0.5) is 5.13 Å². The first kappa shape index (κ1) is 23.5. The largest absolute Gasteiger partial charge is 0.494 e. The number of halogens is 1. The van der Waals surface area contributed by atoms with Gasteiger partial charge in [0.1, 0.15) is 11.3 Å². The second-order valence-corrected chi connectivity index (χ2v) is 8.71. The Hall–Kier alpha value is -2.15. The molecule has 0 saturated carbocycles. The summed E-state index contributed by atoms with van der Waals surface area (Å²) in [4.78, 5) is 22.2. The van der Waals surface area contributed by atoms with E-state index < -0.39 is 0 Å². The minimum atomic E-state index is -0.0672. The number of carbonyl (C=O) groups excluding carboxylic acids is 1. The number of unbranched alkanes of at least 4 members (excludes halogenated alkanes) is 1. The number of likely N-dealkylation sites (N-methyl/N-ethyl adjacent to an activating group) is 1. The molecule has 0 aliphatic carbocycles. The molecule has 0 aliphatic heterocycles. The molecule has 0 N–H and O–H groups in total. The molecule has 0 fully saturated rings. The standard InChI is InChI=1S/C24H30ClN3O2S/c1-4-7-17-30-19-13-11-18(12-14-19)23(29)28(16-15-27(5-2)6-3)24-26-22-20(25)9-8-10-21(22)31-24/h8-14H,4-7,15-17H2,1-3H3. The predicted octanol–water partition coefficient (Wildman–Crippen LogP) is 6.12. The molecule has 0 radical (unpaired) electrons. The van der Waals surface area contributed by atoms with Crippen molar-refractivity contribution in [2.45, 2.75) is 33.6 Å². The maximum absolute atomic E-state index is 13.5. The number of fused-ring (bicyclic) bond motifs is 1. The van der Waals surface area contributed by atoms with Gasteiger partial charge in [0.05, 0.1) is 16.3 Å². The maximum Gasteiger partial charge on any atom is 0.260 e. The van der Waals surface area contributed by atoms with Gasteiger partial charge in [-0.05, 0) is 55.9 Å². The lowest BCUT2D eigenvalue weighted by atomic mass is 10.2. The van der Waals surface area contributed by atoms with Crippen LogP contribution in [0.25, 0.3) is 10.2 Å². The number of hydrogen-bond acceptors (Lipinski definition) is 5. The number of thiazole rings is 1. The third-order valence-corrected chi connectivity index (χ3v) is 6.59. The van der Waals surface area contributed by atoms with E-state index in [1.165, 1.54) is 11.3 Å². The monoisotopic (exact) mass is 459 g/mol. The third-order valence-electron chi connectivity index (χ3n) is 5.24. The Kier molecular flexibility index (Phi) is 8.69. The van der Waals surface area contributed by atoms with E-state index in [0.717, 1.165) is 48.4 Å². The predicted molar refractivity (Wildman–Crippen MR) is 131 cm³/mol. The van der Waals surface area contributed by atoms with Crippen molar-refractivity contribution in [3.05, 3.63) is 53.1 Å². The van der Waals surface area contributed by atoms with Crippen molar-refractivity contribution in [2.24, 2.45) is 0 Å². The van der Waals surface area contributed by atoms with Crippen LogP contribution in [0.3, 0.4) is 0 Å². The molecule has 5 nitrogen and oxygen atoms in total. The van der Waals surface area contributed by atoms with Gasteiger partial charge in [0.2, 0.25) is 0 Å². The quantitative estimate of drug-likeness (QED) is 0.324. The zero-order chi connectivity index (χ0) is 22.2. The Morgan fingerprint density at radius 1 is 1.06 bits per heavy atom. The fraction of sp³-hybridized carbons (Fsp3) is 0.417. The first-order valence-corrected chi connectivity index (χ1v) is 12.1. The molecular weight excluding hydrogens is 430 g/mol.